The zero-order valence-electron chi connectivity index (χ0n) is 13.2. The standard InChI is InChI=1S/C18H21N3O2/c1-13-2-3-16(20-12-13)17(14-4-8-19-9-5-14)21-10-6-15(7-11-21)18(22)23/h2-5,8-9,12,15,17H,6-7,10-11H2,1H3,(H,22,23). The molecule has 5 nitrogen and oxygen atoms in total. The van der Waals surface area contributed by atoms with Gasteiger partial charge in [-0.25, -0.2) is 0 Å². The molecule has 0 saturated carbocycles. The van der Waals surface area contributed by atoms with Gasteiger partial charge in [0, 0.05) is 18.6 Å². The van der Waals surface area contributed by atoms with Crippen LogP contribution in [0.15, 0.2) is 42.9 Å². The number of piperidine rings is 1. The number of rotatable bonds is 4. The van der Waals surface area contributed by atoms with Crippen LogP contribution in [0.25, 0.3) is 0 Å². The highest BCUT2D eigenvalue weighted by molar-refractivity contribution is 5.70. The summed E-state index contributed by atoms with van der Waals surface area (Å²) >= 11 is 0. The van der Waals surface area contributed by atoms with Crippen molar-refractivity contribution in [3.05, 3.63) is 59.7 Å². The summed E-state index contributed by atoms with van der Waals surface area (Å²) in [4.78, 5) is 22.2. The van der Waals surface area contributed by atoms with Crippen LogP contribution in [0, 0.1) is 12.8 Å². The van der Waals surface area contributed by atoms with Crippen LogP contribution in [0.5, 0.6) is 0 Å². The third-order valence-electron chi connectivity index (χ3n) is 4.48. The third-order valence-corrected chi connectivity index (χ3v) is 4.48. The molecule has 1 saturated heterocycles. The Morgan fingerprint density at radius 1 is 1.22 bits per heavy atom. The first-order chi connectivity index (χ1) is 11.1. The Balaban J connectivity index is 1.87. The maximum absolute atomic E-state index is 11.2. The number of carboxylic acid groups (broad SMARTS) is 1. The summed E-state index contributed by atoms with van der Waals surface area (Å²) < 4.78 is 0. The number of hydrogen-bond donors (Lipinski definition) is 1. The molecule has 1 unspecified atom stereocenters. The van der Waals surface area contributed by atoms with E-state index in [1.54, 1.807) is 12.4 Å². The first kappa shape index (κ1) is 15.6. The number of carboxylic acids is 1. The molecule has 0 aliphatic carbocycles. The molecule has 1 fully saturated rings. The van der Waals surface area contributed by atoms with E-state index in [0.717, 1.165) is 29.9 Å². The lowest BCUT2D eigenvalue weighted by molar-refractivity contribution is -0.143. The van der Waals surface area contributed by atoms with Crippen LogP contribution in [0.1, 0.15) is 35.7 Å². The number of nitrogens with zero attached hydrogens (tertiary/aromatic N) is 3. The van der Waals surface area contributed by atoms with Gasteiger partial charge in [-0.05, 0) is 62.2 Å². The van der Waals surface area contributed by atoms with Gasteiger partial charge in [0.05, 0.1) is 17.7 Å². The lowest BCUT2D eigenvalue weighted by Gasteiger charge is -2.36. The second-order valence-electron chi connectivity index (χ2n) is 6.09. The molecule has 2 aromatic heterocycles. The van der Waals surface area contributed by atoms with Crippen molar-refractivity contribution < 1.29 is 9.90 Å². The van der Waals surface area contributed by atoms with Gasteiger partial charge in [0.25, 0.3) is 0 Å². The Morgan fingerprint density at radius 3 is 2.48 bits per heavy atom. The largest absolute Gasteiger partial charge is 0.481 e. The molecule has 1 N–H and O–H groups in total. The predicted octanol–water partition coefficient (Wildman–Crippen LogP) is 2.67. The molecule has 120 valence electrons. The Morgan fingerprint density at radius 2 is 1.91 bits per heavy atom. The van der Waals surface area contributed by atoms with E-state index < -0.39 is 5.97 Å². The molecule has 0 spiro atoms. The molecule has 0 bridgehead atoms. The van der Waals surface area contributed by atoms with Gasteiger partial charge in [0.1, 0.15) is 0 Å². The van der Waals surface area contributed by atoms with Crippen molar-refractivity contribution in [1.29, 1.82) is 0 Å². The minimum absolute atomic E-state index is 0.0494. The van der Waals surface area contributed by atoms with Gasteiger partial charge in [-0.15, -0.1) is 0 Å². The highest BCUT2D eigenvalue weighted by atomic mass is 16.4. The van der Waals surface area contributed by atoms with Gasteiger partial charge in [-0.3, -0.25) is 19.7 Å². The number of pyridine rings is 2. The monoisotopic (exact) mass is 311 g/mol. The molecule has 0 aromatic carbocycles. The Bertz CT molecular complexity index is 650. The number of hydrogen-bond acceptors (Lipinski definition) is 4. The lowest BCUT2D eigenvalue weighted by Crippen LogP contribution is -2.39. The van der Waals surface area contributed by atoms with Crippen LogP contribution in [-0.2, 0) is 4.79 Å². The number of carbonyl (C=O) groups is 1. The number of aryl methyl sites for hydroxylation is 1. The van der Waals surface area contributed by atoms with Crippen LogP contribution in [0.3, 0.4) is 0 Å². The minimum Gasteiger partial charge on any atom is -0.481 e. The third kappa shape index (κ3) is 3.56. The molecular formula is C18H21N3O2. The number of likely N-dealkylation sites (tertiary alicyclic amines) is 1. The molecule has 3 rings (SSSR count). The van der Waals surface area contributed by atoms with Crippen molar-refractivity contribution in [2.45, 2.75) is 25.8 Å². The maximum atomic E-state index is 11.2. The van der Waals surface area contributed by atoms with E-state index in [4.69, 9.17) is 0 Å². The highest BCUT2D eigenvalue weighted by Crippen LogP contribution is 2.31. The molecule has 3 heterocycles. The molecule has 0 radical (unpaired) electrons. The molecule has 1 aliphatic rings. The topological polar surface area (TPSA) is 66.3 Å². The summed E-state index contributed by atoms with van der Waals surface area (Å²) in [6.07, 6.45) is 6.83. The van der Waals surface area contributed by atoms with Crippen LogP contribution < -0.4 is 0 Å². The molecule has 5 heteroatoms. The average molecular weight is 311 g/mol. The summed E-state index contributed by atoms with van der Waals surface area (Å²) in [5, 5.41) is 9.19. The molecule has 0 amide bonds. The lowest BCUT2D eigenvalue weighted by atomic mass is 9.93. The van der Waals surface area contributed by atoms with Gasteiger partial charge in [0.2, 0.25) is 0 Å². The molecular weight excluding hydrogens is 290 g/mol. The normalized spacial score (nSPS) is 17.8. The van der Waals surface area contributed by atoms with Crippen LogP contribution in [-0.4, -0.2) is 39.0 Å². The average Bonchev–Trinajstić information content (AvgIpc) is 2.58. The Labute approximate surface area is 136 Å². The van der Waals surface area contributed by atoms with E-state index in [1.807, 2.05) is 25.3 Å². The number of aliphatic carboxylic acids is 1. The Hall–Kier alpha value is -2.27. The van der Waals surface area contributed by atoms with Gasteiger partial charge in [-0.2, -0.15) is 0 Å². The summed E-state index contributed by atoms with van der Waals surface area (Å²) in [6.45, 7) is 3.55. The zero-order valence-corrected chi connectivity index (χ0v) is 13.2. The predicted molar refractivity (Wildman–Crippen MR) is 87.0 cm³/mol. The van der Waals surface area contributed by atoms with Crippen molar-refractivity contribution in [2.75, 3.05) is 13.1 Å². The fourth-order valence-electron chi connectivity index (χ4n) is 3.16. The van der Waals surface area contributed by atoms with Crippen LogP contribution >= 0.6 is 0 Å². The van der Waals surface area contributed by atoms with E-state index in [1.165, 1.54) is 0 Å². The quantitative estimate of drug-likeness (QED) is 0.940. The SMILES string of the molecule is Cc1ccc(C(c2ccncc2)N2CCC(C(=O)O)CC2)nc1. The van der Waals surface area contributed by atoms with Gasteiger partial charge in [0.15, 0.2) is 0 Å². The Kier molecular flexibility index (Phi) is 4.67. The second-order valence-corrected chi connectivity index (χ2v) is 6.09. The van der Waals surface area contributed by atoms with E-state index in [-0.39, 0.29) is 12.0 Å². The van der Waals surface area contributed by atoms with E-state index in [9.17, 15) is 9.90 Å². The van der Waals surface area contributed by atoms with Crippen molar-refractivity contribution >= 4 is 5.97 Å². The summed E-state index contributed by atoms with van der Waals surface area (Å²) in [5.41, 5.74) is 3.27. The first-order valence-corrected chi connectivity index (χ1v) is 7.94. The van der Waals surface area contributed by atoms with E-state index in [2.05, 4.69) is 27.0 Å². The van der Waals surface area contributed by atoms with Crippen LogP contribution in [0.2, 0.25) is 0 Å². The van der Waals surface area contributed by atoms with Gasteiger partial charge < -0.3 is 5.11 Å². The van der Waals surface area contributed by atoms with Gasteiger partial charge >= 0.3 is 5.97 Å². The van der Waals surface area contributed by atoms with Crippen LogP contribution in [0.4, 0.5) is 0 Å². The summed E-state index contributed by atoms with van der Waals surface area (Å²) in [5.74, 6) is -0.908. The van der Waals surface area contributed by atoms with Crippen molar-refractivity contribution in [3.8, 4) is 0 Å². The highest BCUT2D eigenvalue weighted by Gasteiger charge is 2.30. The van der Waals surface area contributed by atoms with E-state index >= 15 is 0 Å². The molecule has 1 aliphatic heterocycles. The molecule has 23 heavy (non-hydrogen) atoms. The molecule has 1 atom stereocenters. The van der Waals surface area contributed by atoms with Crippen molar-refractivity contribution in [1.82, 2.24) is 14.9 Å². The maximum Gasteiger partial charge on any atom is 0.306 e. The summed E-state index contributed by atoms with van der Waals surface area (Å²) in [7, 11) is 0. The summed E-state index contributed by atoms with van der Waals surface area (Å²) in [6, 6.07) is 8.20. The van der Waals surface area contributed by atoms with Gasteiger partial charge in [-0.1, -0.05) is 6.07 Å². The smallest absolute Gasteiger partial charge is 0.306 e. The fraction of sp³-hybridized carbons (Fsp3) is 0.389. The molecule has 2 aromatic rings. The van der Waals surface area contributed by atoms with Crippen molar-refractivity contribution in [2.24, 2.45) is 5.92 Å². The van der Waals surface area contributed by atoms with E-state index in [0.29, 0.717) is 12.8 Å². The second kappa shape index (κ2) is 6.87. The fourth-order valence-corrected chi connectivity index (χ4v) is 3.16. The van der Waals surface area contributed by atoms with Crippen molar-refractivity contribution in [3.63, 3.8) is 0 Å². The first-order valence-electron chi connectivity index (χ1n) is 7.94. The number of aromatic nitrogens is 2. The minimum atomic E-state index is -0.682. The zero-order chi connectivity index (χ0) is 16.2.